The molecule has 108 valence electrons. The highest BCUT2D eigenvalue weighted by Gasteiger charge is 2.18. The Bertz CT molecular complexity index is 565. The normalized spacial score (nSPS) is 12.9. The van der Waals surface area contributed by atoms with E-state index in [9.17, 15) is 8.78 Å². The number of hydrogen-bond donors (Lipinski definition) is 1. The van der Waals surface area contributed by atoms with E-state index in [0.29, 0.717) is 12.1 Å². The van der Waals surface area contributed by atoms with Crippen molar-refractivity contribution in [2.24, 2.45) is 5.73 Å². The number of thiazole rings is 1. The molecule has 1 heterocycles. The van der Waals surface area contributed by atoms with Crippen molar-refractivity contribution in [3.63, 3.8) is 0 Å². The van der Waals surface area contributed by atoms with Crippen molar-refractivity contribution in [3.8, 4) is 0 Å². The van der Waals surface area contributed by atoms with Crippen molar-refractivity contribution in [2.45, 2.75) is 19.5 Å². The molecular formula is C14H17F2N3S. The highest BCUT2D eigenvalue weighted by Crippen LogP contribution is 2.22. The molecule has 0 fully saturated rings. The first-order valence-electron chi connectivity index (χ1n) is 6.27. The molecule has 1 aromatic carbocycles. The second kappa shape index (κ2) is 6.39. The Kier molecular flexibility index (Phi) is 4.80. The van der Waals surface area contributed by atoms with E-state index in [2.05, 4.69) is 4.98 Å². The molecule has 0 saturated heterocycles. The minimum atomic E-state index is -0.587. The van der Waals surface area contributed by atoms with Crippen LogP contribution in [0.1, 0.15) is 22.3 Å². The molecule has 0 bridgehead atoms. The Morgan fingerprint density at radius 2 is 1.95 bits per heavy atom. The highest BCUT2D eigenvalue weighted by molar-refractivity contribution is 7.09. The predicted octanol–water partition coefficient (Wildman–Crippen LogP) is 2.86. The Labute approximate surface area is 121 Å². The lowest BCUT2D eigenvalue weighted by molar-refractivity contribution is 0.238. The van der Waals surface area contributed by atoms with E-state index in [1.54, 1.807) is 11.3 Å². The maximum atomic E-state index is 13.3. The average molecular weight is 297 g/mol. The number of nitrogens with zero attached hydrogens (tertiary/aromatic N) is 2. The summed E-state index contributed by atoms with van der Waals surface area (Å²) < 4.78 is 26.6. The van der Waals surface area contributed by atoms with E-state index >= 15 is 0 Å². The maximum Gasteiger partial charge on any atom is 0.126 e. The van der Waals surface area contributed by atoms with Gasteiger partial charge in [-0.25, -0.2) is 13.8 Å². The maximum absolute atomic E-state index is 13.3. The first-order valence-corrected chi connectivity index (χ1v) is 7.15. The Morgan fingerprint density at radius 1 is 1.30 bits per heavy atom. The molecule has 0 aliphatic carbocycles. The van der Waals surface area contributed by atoms with Crippen LogP contribution in [0.4, 0.5) is 8.78 Å². The lowest BCUT2D eigenvalue weighted by atomic mass is 10.1. The minimum absolute atomic E-state index is 0.248. The van der Waals surface area contributed by atoms with Gasteiger partial charge in [0.25, 0.3) is 0 Å². The molecule has 0 amide bonds. The molecule has 0 radical (unpaired) electrons. The highest BCUT2D eigenvalue weighted by atomic mass is 32.1. The van der Waals surface area contributed by atoms with Gasteiger partial charge in [-0.3, -0.25) is 4.90 Å². The number of likely N-dealkylation sites (N-methyl/N-ethyl adjacent to an activating group) is 1. The van der Waals surface area contributed by atoms with Crippen molar-refractivity contribution in [1.82, 2.24) is 9.88 Å². The molecule has 0 aliphatic rings. The topological polar surface area (TPSA) is 42.2 Å². The SMILES string of the molecule is Cc1nc(CN(C)C(CN)c2cc(F)cc(F)c2)cs1. The summed E-state index contributed by atoms with van der Waals surface area (Å²) in [6.45, 7) is 2.81. The van der Waals surface area contributed by atoms with Gasteiger partial charge in [-0.2, -0.15) is 0 Å². The standard InChI is InChI=1S/C14H17F2N3S/c1-9-18-13(8-20-9)7-19(2)14(6-17)10-3-11(15)5-12(16)4-10/h3-5,8,14H,6-7,17H2,1-2H3. The summed E-state index contributed by atoms with van der Waals surface area (Å²) in [4.78, 5) is 6.33. The number of benzene rings is 1. The fourth-order valence-electron chi connectivity index (χ4n) is 2.18. The van der Waals surface area contributed by atoms with Crippen LogP contribution in [-0.4, -0.2) is 23.5 Å². The van der Waals surface area contributed by atoms with Gasteiger partial charge >= 0.3 is 0 Å². The number of aromatic nitrogens is 1. The van der Waals surface area contributed by atoms with Crippen LogP contribution in [0.15, 0.2) is 23.6 Å². The van der Waals surface area contributed by atoms with Gasteiger partial charge in [0.2, 0.25) is 0 Å². The molecule has 1 aromatic heterocycles. The van der Waals surface area contributed by atoms with E-state index in [-0.39, 0.29) is 12.6 Å². The van der Waals surface area contributed by atoms with Crippen molar-refractivity contribution >= 4 is 11.3 Å². The molecule has 1 unspecified atom stereocenters. The average Bonchev–Trinajstić information content (AvgIpc) is 2.74. The van der Waals surface area contributed by atoms with Gasteiger partial charge in [-0.15, -0.1) is 11.3 Å². The molecule has 0 saturated carbocycles. The Balaban J connectivity index is 2.18. The molecule has 3 nitrogen and oxygen atoms in total. The molecule has 0 spiro atoms. The predicted molar refractivity (Wildman–Crippen MR) is 76.5 cm³/mol. The number of aryl methyl sites for hydroxylation is 1. The van der Waals surface area contributed by atoms with Crippen LogP contribution in [0.2, 0.25) is 0 Å². The summed E-state index contributed by atoms with van der Waals surface area (Å²) in [5, 5.41) is 2.97. The molecule has 1 atom stereocenters. The first kappa shape index (κ1) is 15.0. The van der Waals surface area contributed by atoms with E-state index in [1.165, 1.54) is 12.1 Å². The van der Waals surface area contributed by atoms with Crippen LogP contribution < -0.4 is 5.73 Å². The van der Waals surface area contributed by atoms with Gasteiger partial charge in [0, 0.05) is 30.6 Å². The Morgan fingerprint density at radius 3 is 2.45 bits per heavy atom. The van der Waals surface area contributed by atoms with E-state index < -0.39 is 11.6 Å². The van der Waals surface area contributed by atoms with Gasteiger partial charge in [0.1, 0.15) is 11.6 Å². The summed E-state index contributed by atoms with van der Waals surface area (Å²) >= 11 is 1.58. The fraction of sp³-hybridized carbons (Fsp3) is 0.357. The first-order chi connectivity index (χ1) is 9.49. The van der Waals surface area contributed by atoms with Crippen LogP contribution in [0, 0.1) is 18.6 Å². The number of hydrogen-bond acceptors (Lipinski definition) is 4. The van der Waals surface area contributed by atoms with Crippen LogP contribution >= 0.6 is 11.3 Å². The Hall–Kier alpha value is -1.37. The smallest absolute Gasteiger partial charge is 0.126 e. The molecule has 0 aliphatic heterocycles. The number of halogens is 2. The summed E-state index contributed by atoms with van der Waals surface area (Å²) in [6, 6.07) is 3.26. The van der Waals surface area contributed by atoms with Crippen LogP contribution in [0.25, 0.3) is 0 Å². The zero-order valence-corrected chi connectivity index (χ0v) is 12.3. The van der Waals surface area contributed by atoms with E-state index in [0.717, 1.165) is 16.8 Å². The van der Waals surface area contributed by atoms with Gasteiger partial charge in [0.05, 0.1) is 10.7 Å². The van der Waals surface area contributed by atoms with Crippen LogP contribution in [0.3, 0.4) is 0 Å². The summed E-state index contributed by atoms with van der Waals surface area (Å²) in [7, 11) is 1.87. The lowest BCUT2D eigenvalue weighted by Gasteiger charge is -2.26. The van der Waals surface area contributed by atoms with Gasteiger partial charge in [-0.05, 0) is 31.7 Å². The quantitative estimate of drug-likeness (QED) is 0.922. The van der Waals surface area contributed by atoms with Crippen LogP contribution in [-0.2, 0) is 6.54 Å². The van der Waals surface area contributed by atoms with E-state index in [1.807, 2.05) is 24.3 Å². The van der Waals surface area contributed by atoms with E-state index in [4.69, 9.17) is 5.73 Å². The molecule has 20 heavy (non-hydrogen) atoms. The summed E-state index contributed by atoms with van der Waals surface area (Å²) in [5.74, 6) is -1.17. The van der Waals surface area contributed by atoms with Crippen molar-refractivity contribution in [3.05, 3.63) is 51.5 Å². The lowest BCUT2D eigenvalue weighted by Crippen LogP contribution is -2.30. The summed E-state index contributed by atoms with van der Waals surface area (Å²) in [5.41, 5.74) is 7.24. The molecule has 2 N–H and O–H groups in total. The third-order valence-corrected chi connectivity index (χ3v) is 3.93. The van der Waals surface area contributed by atoms with Gasteiger partial charge < -0.3 is 5.73 Å². The third kappa shape index (κ3) is 3.59. The van der Waals surface area contributed by atoms with Gasteiger partial charge in [0.15, 0.2) is 0 Å². The monoisotopic (exact) mass is 297 g/mol. The zero-order chi connectivity index (χ0) is 14.7. The largest absolute Gasteiger partial charge is 0.329 e. The van der Waals surface area contributed by atoms with Crippen LogP contribution in [0.5, 0.6) is 0 Å². The fourth-order valence-corrected chi connectivity index (χ4v) is 2.79. The van der Waals surface area contributed by atoms with Crippen molar-refractivity contribution < 1.29 is 8.78 Å². The van der Waals surface area contributed by atoms with Crippen molar-refractivity contribution in [2.75, 3.05) is 13.6 Å². The third-order valence-electron chi connectivity index (χ3n) is 3.10. The molecular weight excluding hydrogens is 280 g/mol. The molecule has 2 aromatic rings. The number of nitrogens with two attached hydrogens (primary N) is 1. The number of rotatable bonds is 5. The second-order valence-electron chi connectivity index (χ2n) is 4.73. The summed E-state index contributed by atoms with van der Waals surface area (Å²) in [6.07, 6.45) is 0. The minimum Gasteiger partial charge on any atom is -0.329 e. The second-order valence-corrected chi connectivity index (χ2v) is 5.79. The van der Waals surface area contributed by atoms with Crippen molar-refractivity contribution in [1.29, 1.82) is 0 Å². The molecule has 6 heteroatoms. The molecule has 2 rings (SSSR count). The van der Waals surface area contributed by atoms with Gasteiger partial charge in [-0.1, -0.05) is 0 Å². The zero-order valence-electron chi connectivity index (χ0n) is 11.4.